The van der Waals surface area contributed by atoms with Gasteiger partial charge in [0.1, 0.15) is 11.0 Å². The monoisotopic (exact) mass is 467 g/mol. The third-order valence-electron chi connectivity index (χ3n) is 5.77. The highest BCUT2D eigenvalue weighted by molar-refractivity contribution is 6.67. The second kappa shape index (κ2) is 9.83. The fourth-order valence-electron chi connectivity index (χ4n) is 4.16. The highest BCUT2D eigenvalue weighted by atomic mass is 19.3. The number of fused-ring (bicyclic) bond motifs is 2. The molecule has 1 fully saturated rings. The number of nitrogens with zero attached hydrogens (tertiary/aromatic N) is 7. The predicted molar refractivity (Wildman–Crippen MR) is 124 cm³/mol. The van der Waals surface area contributed by atoms with E-state index in [1.807, 2.05) is 0 Å². The highest BCUT2D eigenvalue weighted by Gasteiger charge is 2.27. The maximum absolute atomic E-state index is 14.9. The van der Waals surface area contributed by atoms with Gasteiger partial charge in [0.2, 0.25) is 0 Å². The zero-order chi connectivity index (χ0) is 24.4. The van der Waals surface area contributed by atoms with Crippen molar-refractivity contribution in [3.8, 4) is 17.2 Å². The lowest BCUT2D eigenvalue weighted by Crippen LogP contribution is -2.23. The number of imidazole rings is 1. The molecule has 176 valence electrons. The van der Waals surface area contributed by atoms with Gasteiger partial charge in [-0.3, -0.25) is 0 Å². The molecule has 0 saturated carbocycles. The van der Waals surface area contributed by atoms with Crippen LogP contribution in [0.2, 0.25) is 12.6 Å². The standard InChI is InChI=1S/C20H17BF3N7.C3H8/c1-11-9-30-20(26-11)14(19(23)24)8-16(27-30)12-6-15(22)18-17(7-12)28-31(29-18)13-2-4-21(10-25)5-3-13;1-3-2/h6-9,13,19H,2-5H2,1H3;3H2,1-2H3. The van der Waals surface area contributed by atoms with Crippen molar-refractivity contribution in [2.24, 2.45) is 0 Å². The number of hydrogen-bond acceptors (Lipinski definition) is 5. The van der Waals surface area contributed by atoms with E-state index in [4.69, 9.17) is 5.26 Å². The van der Waals surface area contributed by atoms with Crippen LogP contribution >= 0.6 is 0 Å². The molecule has 4 heterocycles. The number of aryl methyl sites for hydroxylation is 1. The van der Waals surface area contributed by atoms with E-state index in [9.17, 15) is 13.2 Å². The largest absolute Gasteiger partial charge is 0.268 e. The Morgan fingerprint density at radius 2 is 1.85 bits per heavy atom. The molecule has 4 aromatic rings. The van der Waals surface area contributed by atoms with Crippen LogP contribution in [0.5, 0.6) is 0 Å². The molecule has 1 aliphatic rings. The quantitative estimate of drug-likeness (QED) is 0.354. The van der Waals surface area contributed by atoms with Gasteiger partial charge in [0, 0.05) is 11.5 Å². The Bertz CT molecular complexity index is 1350. The van der Waals surface area contributed by atoms with Crippen LogP contribution in [0.1, 0.15) is 56.8 Å². The second-order valence-corrected chi connectivity index (χ2v) is 8.62. The van der Waals surface area contributed by atoms with Crippen molar-refractivity contribution < 1.29 is 13.2 Å². The number of alkyl halides is 2. The first-order chi connectivity index (χ1) is 16.3. The summed E-state index contributed by atoms with van der Waals surface area (Å²) in [5.74, 6) is 1.70. The minimum atomic E-state index is -2.75. The third kappa shape index (κ3) is 4.62. The van der Waals surface area contributed by atoms with Crippen LogP contribution in [0, 0.1) is 24.0 Å². The average molecular weight is 467 g/mol. The molecule has 0 radical (unpaired) electrons. The average Bonchev–Trinajstić information content (AvgIpc) is 3.42. The van der Waals surface area contributed by atoms with Gasteiger partial charge in [0.05, 0.1) is 29.2 Å². The van der Waals surface area contributed by atoms with E-state index in [1.165, 1.54) is 27.9 Å². The fraction of sp³-hybridized carbons (Fsp3) is 0.435. The van der Waals surface area contributed by atoms with Crippen LogP contribution in [0.4, 0.5) is 13.2 Å². The van der Waals surface area contributed by atoms with E-state index in [0.717, 1.165) is 25.5 Å². The molecule has 1 saturated heterocycles. The lowest BCUT2D eigenvalue weighted by Gasteiger charge is -2.21. The SMILES string of the molecule is CCC.Cc1cn2nc(-c3cc(F)c4nn(C5CCB(C#N)CC5)nc4c3)cc(C(F)F)c2n1. The summed E-state index contributed by atoms with van der Waals surface area (Å²) < 4.78 is 43.3. The van der Waals surface area contributed by atoms with Gasteiger partial charge in [-0.2, -0.15) is 15.0 Å². The third-order valence-corrected chi connectivity index (χ3v) is 5.77. The minimum absolute atomic E-state index is 0.00804. The van der Waals surface area contributed by atoms with E-state index in [-0.39, 0.29) is 35.2 Å². The zero-order valence-electron chi connectivity index (χ0n) is 19.3. The molecule has 0 amide bonds. The number of nitriles is 1. The Morgan fingerprint density at radius 1 is 1.15 bits per heavy atom. The first kappa shape index (κ1) is 23.7. The smallest absolute Gasteiger partial charge is 0.232 e. The molecule has 5 rings (SSSR count). The molecule has 0 bridgehead atoms. The molecular formula is C23H25BF3N7. The molecule has 1 aromatic carbocycles. The van der Waals surface area contributed by atoms with E-state index in [0.29, 0.717) is 16.8 Å². The van der Waals surface area contributed by atoms with Crippen LogP contribution in [0.15, 0.2) is 24.4 Å². The topological polar surface area (TPSA) is 84.7 Å². The summed E-state index contributed by atoms with van der Waals surface area (Å²) in [5, 5.41) is 22.2. The van der Waals surface area contributed by atoms with Crippen molar-refractivity contribution >= 4 is 23.4 Å². The molecule has 0 N–H and O–H groups in total. The fourth-order valence-corrected chi connectivity index (χ4v) is 4.16. The number of benzene rings is 1. The first-order valence-electron chi connectivity index (χ1n) is 11.5. The molecule has 0 aliphatic carbocycles. The Balaban J connectivity index is 0.000000868. The van der Waals surface area contributed by atoms with E-state index >= 15 is 0 Å². The van der Waals surface area contributed by atoms with Crippen molar-refractivity contribution in [3.05, 3.63) is 41.5 Å². The lowest BCUT2D eigenvalue weighted by atomic mass is 9.42. The zero-order valence-corrected chi connectivity index (χ0v) is 19.3. The number of rotatable bonds is 3. The maximum atomic E-state index is 14.9. The van der Waals surface area contributed by atoms with Crippen molar-refractivity contribution in [1.29, 1.82) is 5.26 Å². The minimum Gasteiger partial charge on any atom is -0.232 e. The Hall–Kier alpha value is -3.42. The highest BCUT2D eigenvalue weighted by Crippen LogP contribution is 2.32. The van der Waals surface area contributed by atoms with Gasteiger partial charge < -0.3 is 0 Å². The van der Waals surface area contributed by atoms with Crippen molar-refractivity contribution in [1.82, 2.24) is 29.6 Å². The van der Waals surface area contributed by atoms with Crippen LogP contribution in [0.25, 0.3) is 27.9 Å². The summed E-state index contributed by atoms with van der Waals surface area (Å²) >= 11 is 0. The molecule has 7 nitrogen and oxygen atoms in total. The number of aromatic nitrogens is 6. The summed E-state index contributed by atoms with van der Waals surface area (Å²) in [4.78, 5) is 5.62. The molecule has 0 spiro atoms. The molecule has 0 unspecified atom stereocenters. The summed E-state index contributed by atoms with van der Waals surface area (Å²) in [6.45, 7) is 5.99. The van der Waals surface area contributed by atoms with Gasteiger partial charge in [-0.15, -0.1) is 5.10 Å². The van der Waals surface area contributed by atoms with E-state index < -0.39 is 12.2 Å². The van der Waals surface area contributed by atoms with Gasteiger partial charge in [-0.05, 0) is 38.0 Å². The summed E-state index contributed by atoms with van der Waals surface area (Å²) in [7, 11) is 0. The molecular weight excluding hydrogens is 442 g/mol. The number of hydrogen-bond donors (Lipinski definition) is 0. The van der Waals surface area contributed by atoms with Crippen LogP contribution < -0.4 is 0 Å². The summed E-state index contributed by atoms with van der Waals surface area (Å²) in [5.41, 5.74) is 1.36. The lowest BCUT2D eigenvalue weighted by molar-refractivity contribution is 0.152. The van der Waals surface area contributed by atoms with Crippen molar-refractivity contribution in [2.45, 2.75) is 65.1 Å². The van der Waals surface area contributed by atoms with Gasteiger partial charge in [-0.1, -0.05) is 32.9 Å². The van der Waals surface area contributed by atoms with E-state index in [1.54, 1.807) is 19.2 Å². The Labute approximate surface area is 195 Å². The van der Waals surface area contributed by atoms with E-state index in [2.05, 4.69) is 40.1 Å². The van der Waals surface area contributed by atoms with Crippen LogP contribution in [0.3, 0.4) is 0 Å². The molecule has 1 aliphatic heterocycles. The van der Waals surface area contributed by atoms with Gasteiger partial charge in [-0.25, -0.2) is 27.9 Å². The molecule has 3 aromatic heterocycles. The van der Waals surface area contributed by atoms with Crippen molar-refractivity contribution in [3.63, 3.8) is 0 Å². The molecule has 11 heteroatoms. The van der Waals surface area contributed by atoms with Gasteiger partial charge in [0.25, 0.3) is 13.1 Å². The molecule has 0 atom stereocenters. The van der Waals surface area contributed by atoms with Gasteiger partial charge in [0.15, 0.2) is 11.5 Å². The van der Waals surface area contributed by atoms with Crippen molar-refractivity contribution in [2.75, 3.05) is 0 Å². The Kier molecular flexibility index (Phi) is 6.86. The number of halogens is 3. The summed E-state index contributed by atoms with van der Waals surface area (Å²) in [6.07, 6.45) is 3.08. The first-order valence-corrected chi connectivity index (χ1v) is 11.5. The summed E-state index contributed by atoms with van der Waals surface area (Å²) in [6, 6.07) is 4.09. The maximum Gasteiger partial charge on any atom is 0.268 e. The predicted octanol–water partition coefficient (Wildman–Crippen LogP) is 5.83. The normalized spacial score (nSPS) is 14.5. The second-order valence-electron chi connectivity index (χ2n) is 8.62. The van der Waals surface area contributed by atoms with Crippen LogP contribution in [-0.2, 0) is 0 Å². The Morgan fingerprint density at radius 3 is 2.50 bits per heavy atom. The molecule has 34 heavy (non-hydrogen) atoms. The van der Waals surface area contributed by atoms with Crippen LogP contribution in [-0.4, -0.2) is 36.3 Å². The van der Waals surface area contributed by atoms with Gasteiger partial charge >= 0.3 is 0 Å².